The Bertz CT molecular complexity index is 1420. The molecule has 0 spiro atoms. The molecule has 0 saturated heterocycles. The van der Waals surface area contributed by atoms with Crippen LogP contribution >= 0.6 is 0 Å². The van der Waals surface area contributed by atoms with E-state index in [4.69, 9.17) is 9.47 Å². The van der Waals surface area contributed by atoms with E-state index in [0.29, 0.717) is 17.2 Å². The Morgan fingerprint density at radius 2 is 1.76 bits per heavy atom. The van der Waals surface area contributed by atoms with Crippen molar-refractivity contribution >= 4 is 21.6 Å². The molecular formula is C29H32N2O5S. The average molecular weight is 521 g/mol. The minimum atomic E-state index is -3.95. The van der Waals surface area contributed by atoms with Crippen LogP contribution in [-0.2, 0) is 27.7 Å². The van der Waals surface area contributed by atoms with Gasteiger partial charge in [0.2, 0.25) is 0 Å². The van der Waals surface area contributed by atoms with Crippen LogP contribution in [0.3, 0.4) is 0 Å². The first-order chi connectivity index (χ1) is 17.8. The van der Waals surface area contributed by atoms with Crippen molar-refractivity contribution in [3.05, 3.63) is 82.9 Å². The number of carbonyl (C=O) groups is 1. The third-order valence-corrected chi connectivity index (χ3v) is 8.95. The van der Waals surface area contributed by atoms with Gasteiger partial charge in [-0.25, -0.2) is 8.42 Å². The molecule has 3 aromatic carbocycles. The molecular weight excluding hydrogens is 488 g/mol. The van der Waals surface area contributed by atoms with Crippen LogP contribution in [0.1, 0.15) is 48.1 Å². The lowest BCUT2D eigenvalue weighted by Crippen LogP contribution is -2.51. The smallest absolute Gasteiger partial charge is 0.264 e. The van der Waals surface area contributed by atoms with Gasteiger partial charge in [-0.3, -0.25) is 9.10 Å². The number of anilines is 1. The fourth-order valence-electron chi connectivity index (χ4n) is 5.01. The number of hydrogen-bond donors (Lipinski definition) is 1. The van der Waals surface area contributed by atoms with E-state index in [-0.39, 0.29) is 23.4 Å². The number of ether oxygens (including phenoxy) is 2. The van der Waals surface area contributed by atoms with Crippen molar-refractivity contribution in [2.24, 2.45) is 0 Å². The number of sulfonamides is 1. The molecule has 8 heteroatoms. The van der Waals surface area contributed by atoms with E-state index in [9.17, 15) is 13.2 Å². The van der Waals surface area contributed by atoms with E-state index in [2.05, 4.69) is 23.5 Å². The van der Waals surface area contributed by atoms with Crippen LogP contribution < -0.4 is 19.1 Å². The van der Waals surface area contributed by atoms with Crippen LogP contribution in [0.4, 0.5) is 5.69 Å². The normalized spacial score (nSPS) is 17.7. The van der Waals surface area contributed by atoms with E-state index in [1.807, 2.05) is 19.9 Å². The number of amides is 1. The monoisotopic (exact) mass is 520 g/mol. The number of nitrogens with zero attached hydrogens (tertiary/aromatic N) is 1. The molecule has 0 aromatic heterocycles. The third kappa shape index (κ3) is 5.03. The fraction of sp³-hybridized carbons (Fsp3) is 0.345. The zero-order valence-electron chi connectivity index (χ0n) is 21.4. The van der Waals surface area contributed by atoms with Crippen molar-refractivity contribution in [1.82, 2.24) is 5.32 Å². The van der Waals surface area contributed by atoms with Crippen molar-refractivity contribution in [3.63, 3.8) is 0 Å². The summed E-state index contributed by atoms with van der Waals surface area (Å²) < 4.78 is 39.9. The molecule has 1 heterocycles. The molecule has 1 aliphatic carbocycles. The van der Waals surface area contributed by atoms with Crippen molar-refractivity contribution in [3.8, 4) is 11.5 Å². The van der Waals surface area contributed by atoms with Gasteiger partial charge in [-0.1, -0.05) is 24.3 Å². The van der Waals surface area contributed by atoms with Crippen molar-refractivity contribution in [1.29, 1.82) is 0 Å². The molecule has 2 aliphatic rings. The lowest BCUT2D eigenvalue weighted by molar-refractivity contribution is -0.128. The molecule has 5 rings (SSSR count). The Hall–Kier alpha value is -3.52. The molecule has 2 atom stereocenters. The van der Waals surface area contributed by atoms with Gasteiger partial charge in [-0.05, 0) is 98.2 Å². The topological polar surface area (TPSA) is 84.9 Å². The maximum Gasteiger partial charge on any atom is 0.264 e. The van der Waals surface area contributed by atoms with Crippen LogP contribution in [-0.4, -0.2) is 34.1 Å². The second-order valence-corrected chi connectivity index (χ2v) is 11.6. The number of rotatable bonds is 6. The van der Waals surface area contributed by atoms with E-state index >= 15 is 0 Å². The maximum absolute atomic E-state index is 13.7. The summed E-state index contributed by atoms with van der Waals surface area (Å²) >= 11 is 0. The van der Waals surface area contributed by atoms with Crippen LogP contribution in [0.25, 0.3) is 0 Å². The second-order valence-electron chi connectivity index (χ2n) is 9.75. The third-order valence-electron chi connectivity index (χ3n) is 7.16. The Labute approximate surface area is 218 Å². The number of methoxy groups -OCH3 is 1. The number of carbonyl (C=O) groups excluding carboxylic acids is 1. The molecule has 1 amide bonds. The molecule has 194 valence electrons. The summed E-state index contributed by atoms with van der Waals surface area (Å²) in [6, 6.07) is 17.7. The molecule has 3 aromatic rings. The lowest BCUT2D eigenvalue weighted by Gasteiger charge is -2.35. The molecule has 7 nitrogen and oxygen atoms in total. The zero-order chi connectivity index (χ0) is 26.2. The summed E-state index contributed by atoms with van der Waals surface area (Å²) in [6.07, 6.45) is 3.56. The highest BCUT2D eigenvalue weighted by Crippen LogP contribution is 2.38. The number of aryl methyl sites for hydroxylation is 3. The van der Waals surface area contributed by atoms with Crippen LogP contribution in [0, 0.1) is 6.92 Å². The van der Waals surface area contributed by atoms with Gasteiger partial charge in [0.15, 0.2) is 6.10 Å². The molecule has 37 heavy (non-hydrogen) atoms. The Morgan fingerprint density at radius 1 is 1.03 bits per heavy atom. The minimum absolute atomic E-state index is 0.114. The van der Waals surface area contributed by atoms with E-state index in [0.717, 1.165) is 24.0 Å². The Kier molecular flexibility index (Phi) is 6.86. The van der Waals surface area contributed by atoms with Gasteiger partial charge >= 0.3 is 0 Å². The quantitative estimate of drug-likeness (QED) is 0.509. The average Bonchev–Trinajstić information content (AvgIpc) is 2.91. The molecule has 1 aliphatic heterocycles. The first-order valence-corrected chi connectivity index (χ1v) is 14.1. The van der Waals surface area contributed by atoms with Gasteiger partial charge < -0.3 is 14.8 Å². The maximum atomic E-state index is 13.7. The highest BCUT2D eigenvalue weighted by molar-refractivity contribution is 7.92. The van der Waals surface area contributed by atoms with Gasteiger partial charge in [0, 0.05) is 0 Å². The minimum Gasteiger partial charge on any atom is -0.497 e. The summed E-state index contributed by atoms with van der Waals surface area (Å²) in [4.78, 5) is 13.5. The van der Waals surface area contributed by atoms with Crippen molar-refractivity contribution in [2.45, 2.75) is 56.6 Å². The van der Waals surface area contributed by atoms with Crippen molar-refractivity contribution < 1.29 is 22.7 Å². The number of nitrogens with one attached hydrogen (secondary N) is 1. The second kappa shape index (κ2) is 10.1. The Balaban J connectivity index is 1.40. The van der Waals surface area contributed by atoms with E-state index < -0.39 is 16.1 Å². The van der Waals surface area contributed by atoms with Crippen LogP contribution in [0.2, 0.25) is 0 Å². The van der Waals surface area contributed by atoms with Gasteiger partial charge in [0.25, 0.3) is 15.9 Å². The van der Waals surface area contributed by atoms with Gasteiger partial charge in [0.05, 0.1) is 30.3 Å². The predicted molar refractivity (Wildman–Crippen MR) is 143 cm³/mol. The van der Waals surface area contributed by atoms with E-state index in [1.165, 1.54) is 47.5 Å². The number of fused-ring (bicyclic) bond motifs is 2. The number of benzene rings is 3. The predicted octanol–water partition coefficient (Wildman–Crippen LogP) is 4.72. The molecule has 0 bridgehead atoms. The summed E-state index contributed by atoms with van der Waals surface area (Å²) in [5, 5.41) is 3.04. The SMILES string of the molecule is COc1ccc(S(=O)(=O)N2C[C@@H](C(=O)N[C@@H](C)c3ccc4c(c3)CCCC4)Oc3cc(C)ccc32)cc1. The summed E-state index contributed by atoms with van der Waals surface area (Å²) in [6.45, 7) is 3.70. The molecule has 0 radical (unpaired) electrons. The molecule has 0 fully saturated rings. The zero-order valence-corrected chi connectivity index (χ0v) is 22.2. The Morgan fingerprint density at radius 3 is 2.49 bits per heavy atom. The highest BCUT2D eigenvalue weighted by atomic mass is 32.2. The van der Waals surface area contributed by atoms with Crippen LogP contribution in [0.15, 0.2) is 65.6 Å². The first-order valence-electron chi connectivity index (χ1n) is 12.6. The molecule has 1 N–H and O–H groups in total. The summed E-state index contributed by atoms with van der Waals surface area (Å²) in [7, 11) is -2.43. The van der Waals surface area contributed by atoms with Gasteiger partial charge in [-0.2, -0.15) is 0 Å². The fourth-order valence-corrected chi connectivity index (χ4v) is 6.49. The highest BCUT2D eigenvalue weighted by Gasteiger charge is 2.38. The van der Waals surface area contributed by atoms with Crippen molar-refractivity contribution in [2.75, 3.05) is 18.0 Å². The molecule has 0 saturated carbocycles. The summed E-state index contributed by atoms with van der Waals surface area (Å²) in [5.41, 5.74) is 5.08. The lowest BCUT2D eigenvalue weighted by atomic mass is 9.89. The summed E-state index contributed by atoms with van der Waals surface area (Å²) in [5.74, 6) is 0.572. The largest absolute Gasteiger partial charge is 0.497 e. The van der Waals surface area contributed by atoms with Crippen LogP contribution in [0.5, 0.6) is 11.5 Å². The first kappa shape index (κ1) is 25.1. The number of hydrogen-bond acceptors (Lipinski definition) is 5. The van der Waals surface area contributed by atoms with Gasteiger partial charge in [-0.15, -0.1) is 0 Å². The standard InChI is InChI=1S/C29H32N2O5S/c1-19-8-15-26-27(16-19)36-28(18-31(26)37(33,34)25-13-11-24(35-3)12-14-25)29(32)30-20(2)22-10-9-21-6-4-5-7-23(21)17-22/h8-17,20,28H,4-7,18H2,1-3H3,(H,30,32)/t20-,28-/m0/s1. The van der Waals surface area contributed by atoms with Gasteiger partial charge in [0.1, 0.15) is 11.5 Å². The molecule has 0 unspecified atom stereocenters. The van der Waals surface area contributed by atoms with E-state index in [1.54, 1.807) is 24.3 Å².